The number of benzene rings is 1. The van der Waals surface area contributed by atoms with Crippen LogP contribution in [0.1, 0.15) is 30.2 Å². The number of aromatic nitrogens is 2. The molecule has 2 heterocycles. The normalized spacial score (nSPS) is 13.5. The Kier molecular flexibility index (Phi) is 5.41. The van der Waals surface area contributed by atoms with Crippen molar-refractivity contribution >= 4 is 39.3 Å². The highest BCUT2D eigenvalue weighted by Crippen LogP contribution is 2.35. The Labute approximate surface area is 170 Å². The number of nitrogens with zero attached hydrogens (tertiary/aromatic N) is 2. The minimum absolute atomic E-state index is 0.144. The molecule has 0 fully saturated rings. The second-order valence-electron chi connectivity index (χ2n) is 6.51. The van der Waals surface area contributed by atoms with Crippen LogP contribution in [-0.2, 0) is 17.6 Å². The Morgan fingerprint density at radius 1 is 1.29 bits per heavy atom. The Morgan fingerprint density at radius 2 is 2.04 bits per heavy atom. The zero-order chi connectivity index (χ0) is 19.7. The van der Waals surface area contributed by atoms with Gasteiger partial charge in [-0.25, -0.2) is 4.98 Å². The molecule has 2 aromatic heterocycles. The van der Waals surface area contributed by atoms with Crippen molar-refractivity contribution in [2.45, 2.75) is 37.8 Å². The van der Waals surface area contributed by atoms with Gasteiger partial charge in [0, 0.05) is 10.6 Å². The second-order valence-corrected chi connectivity index (χ2v) is 8.54. The van der Waals surface area contributed by atoms with Crippen LogP contribution in [0.4, 0.5) is 0 Å². The number of hydrogen-bond donors (Lipinski definition) is 0. The molecule has 1 aliphatic rings. The number of fused-ring (bicyclic) bond motifs is 3. The summed E-state index contributed by atoms with van der Waals surface area (Å²) >= 11 is 2.56. The molecule has 0 amide bonds. The molecule has 0 saturated carbocycles. The molecular formula is C20H19N2O4S2-. The zero-order valence-corrected chi connectivity index (χ0v) is 17.0. The summed E-state index contributed by atoms with van der Waals surface area (Å²) in [6.07, 6.45) is 4.06. The number of carbonyl (C=O) groups excluding carboxylic acids is 1. The molecule has 0 spiro atoms. The Balaban J connectivity index is 1.90. The maximum Gasteiger partial charge on any atom is 0.267 e. The molecule has 0 N–H and O–H groups in total. The highest BCUT2D eigenvalue weighted by atomic mass is 32.2. The Hall–Kier alpha value is -2.32. The first-order valence-corrected chi connectivity index (χ1v) is 11.0. The van der Waals surface area contributed by atoms with E-state index < -0.39 is 5.97 Å². The molecule has 146 valence electrons. The van der Waals surface area contributed by atoms with E-state index in [1.54, 1.807) is 35.6 Å². The first kappa shape index (κ1) is 19.0. The third-order valence-electron chi connectivity index (χ3n) is 4.68. The Morgan fingerprint density at radius 3 is 2.75 bits per heavy atom. The van der Waals surface area contributed by atoms with Crippen molar-refractivity contribution < 1.29 is 14.6 Å². The maximum absolute atomic E-state index is 13.5. The number of aryl methyl sites for hydroxylation is 2. The maximum atomic E-state index is 13.5. The molecule has 1 aromatic carbocycles. The number of thiophene rings is 1. The monoisotopic (exact) mass is 415 g/mol. The SMILES string of the molecule is CCOc1ccc(-n2c(SCC(=O)[O-])nc3sc4c(c3c2=O)CCCC4)cc1. The second kappa shape index (κ2) is 7.97. The lowest BCUT2D eigenvalue weighted by molar-refractivity contribution is -0.301. The summed E-state index contributed by atoms with van der Waals surface area (Å²) < 4.78 is 6.98. The molecule has 0 aliphatic heterocycles. The number of aliphatic carboxylic acids is 1. The third kappa shape index (κ3) is 3.54. The molecule has 28 heavy (non-hydrogen) atoms. The van der Waals surface area contributed by atoms with Gasteiger partial charge in [-0.3, -0.25) is 9.36 Å². The van der Waals surface area contributed by atoms with Crippen LogP contribution in [0.3, 0.4) is 0 Å². The number of carboxylic acids is 1. The largest absolute Gasteiger partial charge is 0.549 e. The summed E-state index contributed by atoms with van der Waals surface area (Å²) in [4.78, 5) is 31.0. The number of carboxylic acid groups (broad SMARTS) is 1. The van der Waals surface area contributed by atoms with E-state index in [1.807, 2.05) is 6.92 Å². The smallest absolute Gasteiger partial charge is 0.267 e. The van der Waals surface area contributed by atoms with E-state index in [1.165, 1.54) is 9.44 Å². The van der Waals surface area contributed by atoms with Crippen LogP contribution >= 0.6 is 23.1 Å². The van der Waals surface area contributed by atoms with Gasteiger partial charge in [0.1, 0.15) is 10.6 Å². The van der Waals surface area contributed by atoms with Crippen LogP contribution in [0.15, 0.2) is 34.2 Å². The quantitative estimate of drug-likeness (QED) is 0.454. The van der Waals surface area contributed by atoms with Crippen molar-refractivity contribution in [2.24, 2.45) is 0 Å². The fourth-order valence-corrected chi connectivity index (χ4v) is 5.52. The van der Waals surface area contributed by atoms with Gasteiger partial charge in [0.25, 0.3) is 5.56 Å². The molecule has 0 radical (unpaired) electrons. The average molecular weight is 416 g/mol. The van der Waals surface area contributed by atoms with E-state index in [-0.39, 0.29) is 11.3 Å². The summed E-state index contributed by atoms with van der Waals surface area (Å²) in [7, 11) is 0. The van der Waals surface area contributed by atoms with Crippen molar-refractivity contribution in [2.75, 3.05) is 12.4 Å². The molecule has 0 bridgehead atoms. The standard InChI is InChI=1S/C20H20N2O4S2/c1-2-26-13-9-7-12(8-10-13)22-19(25)17-14-5-3-4-6-15(14)28-18(17)21-20(22)27-11-16(23)24/h7-10H,2-6,11H2,1H3,(H,23,24)/p-1. The van der Waals surface area contributed by atoms with Crippen molar-refractivity contribution in [3.63, 3.8) is 0 Å². The van der Waals surface area contributed by atoms with Crippen LogP contribution in [0, 0.1) is 0 Å². The lowest BCUT2D eigenvalue weighted by atomic mass is 9.97. The van der Waals surface area contributed by atoms with Crippen molar-refractivity contribution in [1.82, 2.24) is 9.55 Å². The van der Waals surface area contributed by atoms with E-state index in [0.717, 1.165) is 43.0 Å². The first-order chi connectivity index (χ1) is 13.6. The van der Waals surface area contributed by atoms with Crippen LogP contribution in [-0.4, -0.2) is 27.9 Å². The van der Waals surface area contributed by atoms with Gasteiger partial charge >= 0.3 is 0 Å². The average Bonchev–Trinajstić information content (AvgIpc) is 3.06. The first-order valence-electron chi connectivity index (χ1n) is 9.21. The lowest BCUT2D eigenvalue weighted by Crippen LogP contribution is -2.26. The molecule has 8 heteroatoms. The van der Waals surface area contributed by atoms with Gasteiger partial charge in [0.05, 0.1) is 23.6 Å². The Bertz CT molecular complexity index is 1090. The third-order valence-corrected chi connectivity index (χ3v) is 6.78. The van der Waals surface area contributed by atoms with Gasteiger partial charge in [-0.2, -0.15) is 0 Å². The highest BCUT2D eigenvalue weighted by Gasteiger charge is 2.22. The fraction of sp³-hybridized carbons (Fsp3) is 0.350. The molecule has 6 nitrogen and oxygen atoms in total. The van der Waals surface area contributed by atoms with Crippen molar-refractivity contribution in [3.05, 3.63) is 45.1 Å². The summed E-state index contributed by atoms with van der Waals surface area (Å²) in [6.45, 7) is 2.46. The number of hydrogen-bond acceptors (Lipinski definition) is 7. The van der Waals surface area contributed by atoms with Crippen molar-refractivity contribution in [1.29, 1.82) is 0 Å². The van der Waals surface area contributed by atoms with E-state index >= 15 is 0 Å². The fourth-order valence-electron chi connectivity index (χ4n) is 3.49. The molecule has 0 unspecified atom stereocenters. The van der Waals surface area contributed by atoms with E-state index in [9.17, 15) is 14.7 Å². The van der Waals surface area contributed by atoms with Gasteiger partial charge in [-0.1, -0.05) is 11.8 Å². The number of ether oxygens (including phenoxy) is 1. The van der Waals surface area contributed by atoms with Gasteiger partial charge in [-0.15, -0.1) is 11.3 Å². The van der Waals surface area contributed by atoms with Gasteiger partial charge < -0.3 is 14.6 Å². The summed E-state index contributed by atoms with van der Waals surface area (Å²) in [5, 5.41) is 12.0. The number of rotatable bonds is 6. The van der Waals surface area contributed by atoms with E-state index in [4.69, 9.17) is 4.74 Å². The summed E-state index contributed by atoms with van der Waals surface area (Å²) in [5.74, 6) is -0.742. The summed E-state index contributed by atoms with van der Waals surface area (Å²) in [6, 6.07) is 7.18. The predicted octanol–water partition coefficient (Wildman–Crippen LogP) is 2.57. The molecule has 3 aromatic rings. The minimum atomic E-state index is -1.19. The molecule has 1 aliphatic carbocycles. The number of thioether (sulfide) groups is 1. The van der Waals surface area contributed by atoms with E-state index in [2.05, 4.69) is 4.98 Å². The molecule has 0 saturated heterocycles. The predicted molar refractivity (Wildman–Crippen MR) is 109 cm³/mol. The molecular weight excluding hydrogens is 396 g/mol. The molecule has 0 atom stereocenters. The highest BCUT2D eigenvalue weighted by molar-refractivity contribution is 7.99. The van der Waals surface area contributed by atoms with Gasteiger partial charge in [-0.05, 0) is 62.4 Å². The number of carbonyl (C=O) groups is 1. The van der Waals surface area contributed by atoms with Crippen LogP contribution < -0.4 is 15.4 Å². The summed E-state index contributed by atoms with van der Waals surface area (Å²) in [5.41, 5.74) is 1.61. The van der Waals surface area contributed by atoms with Crippen molar-refractivity contribution in [3.8, 4) is 11.4 Å². The van der Waals surface area contributed by atoms with E-state index in [0.29, 0.717) is 33.4 Å². The van der Waals surface area contributed by atoms with Gasteiger partial charge in [0.15, 0.2) is 5.16 Å². The zero-order valence-electron chi connectivity index (χ0n) is 15.4. The van der Waals surface area contributed by atoms with Crippen LogP contribution in [0.5, 0.6) is 5.75 Å². The topological polar surface area (TPSA) is 84.2 Å². The van der Waals surface area contributed by atoms with Crippen LogP contribution in [0.2, 0.25) is 0 Å². The minimum Gasteiger partial charge on any atom is -0.549 e. The van der Waals surface area contributed by atoms with Crippen LogP contribution in [0.25, 0.3) is 15.9 Å². The molecule has 4 rings (SSSR count). The van der Waals surface area contributed by atoms with Gasteiger partial charge in [0.2, 0.25) is 0 Å². The lowest BCUT2D eigenvalue weighted by Gasteiger charge is -2.14.